The van der Waals surface area contributed by atoms with Gasteiger partial charge in [0.05, 0.1) is 17.7 Å². The van der Waals surface area contributed by atoms with Gasteiger partial charge in [-0.1, -0.05) is 35.9 Å². The number of aromatic nitrogens is 1. The minimum absolute atomic E-state index is 0.288. The molecule has 0 N–H and O–H groups in total. The van der Waals surface area contributed by atoms with Crippen molar-refractivity contribution in [1.82, 2.24) is 14.8 Å². The fraction of sp³-hybridized carbons (Fsp3) is 0.364. The molecule has 0 spiro atoms. The molecule has 8 heteroatoms. The number of hydrogen-bond acceptors (Lipinski definition) is 7. The highest BCUT2D eigenvalue weighted by Crippen LogP contribution is 2.30. The van der Waals surface area contributed by atoms with Gasteiger partial charge in [0.15, 0.2) is 0 Å². The zero-order valence-corrected chi connectivity index (χ0v) is 18.6. The minimum atomic E-state index is -0.495. The maximum atomic E-state index is 12.5. The molecule has 3 heterocycles. The molecular weight excluding hydrogens is 422 g/mol. The predicted octanol–water partition coefficient (Wildman–Crippen LogP) is 4.40. The van der Waals surface area contributed by atoms with Crippen molar-refractivity contribution in [3.8, 4) is 10.8 Å². The smallest absolute Gasteiger partial charge is 0.327 e. The average Bonchev–Trinajstić information content (AvgIpc) is 3.41. The van der Waals surface area contributed by atoms with E-state index < -0.39 is 6.04 Å². The number of rotatable bonds is 6. The number of piperazine rings is 1. The van der Waals surface area contributed by atoms with E-state index in [-0.39, 0.29) is 5.97 Å². The molecule has 1 aliphatic rings. The van der Waals surface area contributed by atoms with Crippen LogP contribution in [0.5, 0.6) is 0 Å². The first-order valence-corrected chi connectivity index (χ1v) is 11.1. The molecule has 0 bridgehead atoms. The molecule has 0 radical (unpaired) electrons. The molecule has 0 saturated carbocycles. The Morgan fingerprint density at radius 1 is 1.23 bits per heavy atom. The number of thiophene rings is 1. The van der Waals surface area contributed by atoms with Crippen molar-refractivity contribution in [2.45, 2.75) is 19.5 Å². The van der Waals surface area contributed by atoms with Crippen LogP contribution < -0.4 is 0 Å². The van der Waals surface area contributed by atoms with Gasteiger partial charge >= 0.3 is 5.97 Å². The standard InChI is InChI=1S/C22H24ClN3O3S/c1-15-18(24-21(29-15)19-8-5-13-30-19)14-25-9-11-26(12-10-25)20(22(27)28-2)16-6-3-4-7-17(16)23/h3-8,13,20H,9-12,14H2,1-2H3/t20-/m1/s1. The van der Waals surface area contributed by atoms with Gasteiger partial charge < -0.3 is 9.15 Å². The highest BCUT2D eigenvalue weighted by atomic mass is 35.5. The number of methoxy groups -OCH3 is 1. The zero-order valence-electron chi connectivity index (χ0n) is 17.0. The lowest BCUT2D eigenvalue weighted by molar-refractivity contribution is -0.148. The summed E-state index contributed by atoms with van der Waals surface area (Å²) in [4.78, 5) is 22.7. The average molecular weight is 446 g/mol. The van der Waals surface area contributed by atoms with Crippen LogP contribution in [0.25, 0.3) is 10.8 Å². The number of esters is 1. The Balaban J connectivity index is 1.43. The topological polar surface area (TPSA) is 58.8 Å². The molecule has 158 valence electrons. The van der Waals surface area contributed by atoms with Crippen LogP contribution >= 0.6 is 22.9 Å². The Hall–Kier alpha value is -2.19. The molecule has 3 aromatic rings. The summed E-state index contributed by atoms with van der Waals surface area (Å²) in [7, 11) is 1.42. The summed E-state index contributed by atoms with van der Waals surface area (Å²) in [5.41, 5.74) is 1.75. The lowest BCUT2D eigenvalue weighted by Gasteiger charge is -2.38. The number of carbonyl (C=O) groups excluding carboxylic acids is 1. The molecule has 0 aliphatic carbocycles. The van der Waals surface area contributed by atoms with Crippen molar-refractivity contribution < 1.29 is 13.9 Å². The van der Waals surface area contributed by atoms with Crippen molar-refractivity contribution in [2.24, 2.45) is 0 Å². The van der Waals surface area contributed by atoms with E-state index in [4.69, 9.17) is 25.7 Å². The van der Waals surface area contributed by atoms with Gasteiger partial charge in [0, 0.05) is 37.7 Å². The van der Waals surface area contributed by atoms with Crippen molar-refractivity contribution in [1.29, 1.82) is 0 Å². The number of nitrogens with zero attached hydrogens (tertiary/aromatic N) is 3. The molecule has 1 atom stereocenters. The Bertz CT molecular complexity index is 997. The number of benzene rings is 1. The molecular formula is C22H24ClN3O3S. The van der Waals surface area contributed by atoms with E-state index in [1.807, 2.05) is 48.7 Å². The molecule has 1 aromatic carbocycles. The van der Waals surface area contributed by atoms with E-state index in [2.05, 4.69) is 9.80 Å². The van der Waals surface area contributed by atoms with Crippen molar-refractivity contribution in [2.75, 3.05) is 33.3 Å². The van der Waals surface area contributed by atoms with Crippen LogP contribution in [-0.4, -0.2) is 54.0 Å². The molecule has 0 unspecified atom stereocenters. The number of oxazole rings is 1. The van der Waals surface area contributed by atoms with Gasteiger partial charge in [0.25, 0.3) is 0 Å². The van der Waals surface area contributed by atoms with Gasteiger partial charge in [0.1, 0.15) is 11.8 Å². The second-order valence-corrected chi connectivity index (χ2v) is 8.61. The van der Waals surface area contributed by atoms with Crippen LogP contribution in [0.15, 0.2) is 46.2 Å². The zero-order chi connectivity index (χ0) is 21.1. The Morgan fingerprint density at radius 3 is 2.67 bits per heavy atom. The SMILES string of the molecule is COC(=O)[C@@H](c1ccccc1Cl)N1CCN(Cc2nc(-c3cccs3)oc2C)CC1. The summed E-state index contributed by atoms with van der Waals surface area (Å²) in [6.45, 7) is 5.79. The summed E-state index contributed by atoms with van der Waals surface area (Å²) in [6, 6.07) is 11.0. The second kappa shape index (κ2) is 9.31. The van der Waals surface area contributed by atoms with E-state index in [1.165, 1.54) is 7.11 Å². The first-order valence-electron chi connectivity index (χ1n) is 9.85. The molecule has 1 aliphatic heterocycles. The quantitative estimate of drug-likeness (QED) is 0.524. The molecule has 30 heavy (non-hydrogen) atoms. The fourth-order valence-electron chi connectivity index (χ4n) is 3.75. The largest absolute Gasteiger partial charge is 0.468 e. The summed E-state index contributed by atoms with van der Waals surface area (Å²) in [5, 5.41) is 2.60. The predicted molar refractivity (Wildman–Crippen MR) is 118 cm³/mol. The van der Waals surface area contributed by atoms with E-state index in [9.17, 15) is 4.79 Å². The van der Waals surface area contributed by atoms with Gasteiger partial charge in [-0.05, 0) is 30.0 Å². The summed E-state index contributed by atoms with van der Waals surface area (Å²) < 4.78 is 10.9. The van der Waals surface area contributed by atoms with Crippen LogP contribution in [0, 0.1) is 6.92 Å². The van der Waals surface area contributed by atoms with E-state index in [0.29, 0.717) is 10.9 Å². The van der Waals surface area contributed by atoms with Gasteiger partial charge in [-0.25, -0.2) is 9.78 Å². The Morgan fingerprint density at radius 2 is 2.00 bits per heavy atom. The Kier molecular flexibility index (Phi) is 6.53. The molecule has 0 amide bonds. The van der Waals surface area contributed by atoms with E-state index >= 15 is 0 Å². The van der Waals surface area contributed by atoms with Crippen LogP contribution in [0.2, 0.25) is 5.02 Å². The first kappa shape index (κ1) is 21.1. The third-order valence-corrected chi connectivity index (χ3v) is 6.60. The van der Waals surface area contributed by atoms with Gasteiger partial charge in [-0.15, -0.1) is 11.3 Å². The first-order chi connectivity index (χ1) is 14.6. The number of hydrogen-bond donors (Lipinski definition) is 0. The molecule has 6 nitrogen and oxygen atoms in total. The van der Waals surface area contributed by atoms with Gasteiger partial charge in [-0.3, -0.25) is 9.80 Å². The summed E-state index contributed by atoms with van der Waals surface area (Å²) in [6.07, 6.45) is 0. The highest BCUT2D eigenvalue weighted by Gasteiger charge is 2.32. The van der Waals surface area contributed by atoms with Gasteiger partial charge in [-0.2, -0.15) is 0 Å². The van der Waals surface area contributed by atoms with Crippen molar-refractivity contribution >= 4 is 28.9 Å². The maximum Gasteiger partial charge on any atom is 0.327 e. The number of halogens is 1. The normalized spacial score (nSPS) is 16.5. The van der Waals surface area contributed by atoms with Crippen molar-refractivity contribution in [3.05, 3.63) is 63.8 Å². The lowest BCUT2D eigenvalue weighted by Crippen LogP contribution is -2.49. The third kappa shape index (κ3) is 4.44. The molecule has 1 fully saturated rings. The van der Waals surface area contributed by atoms with Crippen LogP contribution in [-0.2, 0) is 16.1 Å². The van der Waals surface area contributed by atoms with Gasteiger partial charge in [0.2, 0.25) is 5.89 Å². The molecule has 2 aromatic heterocycles. The lowest BCUT2D eigenvalue weighted by atomic mass is 10.0. The third-order valence-electron chi connectivity index (χ3n) is 5.39. The summed E-state index contributed by atoms with van der Waals surface area (Å²) >= 11 is 7.99. The van der Waals surface area contributed by atoms with Crippen LogP contribution in [0.3, 0.4) is 0 Å². The monoisotopic (exact) mass is 445 g/mol. The second-order valence-electron chi connectivity index (χ2n) is 7.26. The Labute approximate surface area is 185 Å². The summed E-state index contributed by atoms with van der Waals surface area (Å²) in [5.74, 6) is 1.24. The molecule has 1 saturated heterocycles. The number of ether oxygens (including phenoxy) is 1. The molecule has 4 rings (SSSR count). The highest BCUT2D eigenvalue weighted by molar-refractivity contribution is 7.13. The number of aryl methyl sites for hydroxylation is 1. The van der Waals surface area contributed by atoms with E-state index in [0.717, 1.165) is 54.6 Å². The minimum Gasteiger partial charge on any atom is -0.468 e. The fourth-order valence-corrected chi connectivity index (χ4v) is 4.64. The van der Waals surface area contributed by atoms with Crippen molar-refractivity contribution in [3.63, 3.8) is 0 Å². The van der Waals surface area contributed by atoms with E-state index in [1.54, 1.807) is 11.3 Å². The van der Waals surface area contributed by atoms with Crippen LogP contribution in [0.4, 0.5) is 0 Å². The van der Waals surface area contributed by atoms with Crippen LogP contribution in [0.1, 0.15) is 23.1 Å². The maximum absolute atomic E-state index is 12.5. The number of carbonyl (C=O) groups is 1.